The first-order valence-corrected chi connectivity index (χ1v) is 6.63. The van der Waals surface area contributed by atoms with E-state index in [-0.39, 0.29) is 15.8 Å². The van der Waals surface area contributed by atoms with Gasteiger partial charge >= 0.3 is 5.97 Å². The number of ether oxygens (including phenoxy) is 2. The third kappa shape index (κ3) is 2.82. The lowest BCUT2D eigenvalue weighted by Gasteiger charge is -2.13. The maximum absolute atomic E-state index is 13.6. The molecule has 104 valence electrons. The second-order valence-corrected chi connectivity index (χ2v) is 4.87. The first-order valence-electron chi connectivity index (χ1n) is 5.84. The SMILES string of the molecule is COc1cc(F)c(Br)c(C)c1C(=O)Oc1ccccc1. The van der Waals surface area contributed by atoms with Crippen LogP contribution in [-0.4, -0.2) is 13.1 Å². The second kappa shape index (κ2) is 6.05. The average Bonchev–Trinajstić information content (AvgIpc) is 2.45. The van der Waals surface area contributed by atoms with Crippen LogP contribution in [0.25, 0.3) is 0 Å². The number of esters is 1. The first-order chi connectivity index (χ1) is 9.54. The predicted octanol–water partition coefficient (Wildman–Crippen LogP) is 4.12. The molecule has 3 nitrogen and oxygen atoms in total. The van der Waals surface area contributed by atoms with Gasteiger partial charge in [-0.2, -0.15) is 0 Å². The minimum absolute atomic E-state index is 0.143. The molecule has 20 heavy (non-hydrogen) atoms. The molecule has 0 aromatic heterocycles. The van der Waals surface area contributed by atoms with Crippen LogP contribution >= 0.6 is 15.9 Å². The molecule has 0 heterocycles. The third-order valence-corrected chi connectivity index (χ3v) is 3.77. The Balaban J connectivity index is 2.41. The van der Waals surface area contributed by atoms with Crippen molar-refractivity contribution in [3.05, 3.63) is 57.8 Å². The molecule has 0 bridgehead atoms. The van der Waals surface area contributed by atoms with Gasteiger partial charge in [0.05, 0.1) is 11.6 Å². The first kappa shape index (κ1) is 14.5. The number of rotatable bonds is 3. The molecule has 0 aliphatic carbocycles. The van der Waals surface area contributed by atoms with E-state index in [4.69, 9.17) is 9.47 Å². The van der Waals surface area contributed by atoms with Gasteiger partial charge < -0.3 is 9.47 Å². The maximum Gasteiger partial charge on any atom is 0.347 e. The molecule has 0 aliphatic heterocycles. The van der Waals surface area contributed by atoms with Gasteiger partial charge in [-0.05, 0) is 40.5 Å². The van der Waals surface area contributed by atoms with E-state index < -0.39 is 11.8 Å². The van der Waals surface area contributed by atoms with Crippen molar-refractivity contribution in [1.29, 1.82) is 0 Å². The molecule has 0 saturated carbocycles. The molecule has 0 unspecified atom stereocenters. The van der Waals surface area contributed by atoms with E-state index in [0.29, 0.717) is 11.3 Å². The number of carbonyl (C=O) groups excluding carboxylic acids is 1. The van der Waals surface area contributed by atoms with Gasteiger partial charge in [-0.15, -0.1) is 0 Å². The standard InChI is InChI=1S/C15H12BrFO3/c1-9-13(12(19-2)8-11(17)14(9)16)15(18)20-10-6-4-3-5-7-10/h3-8H,1-2H3. The van der Waals surface area contributed by atoms with Crippen LogP contribution in [-0.2, 0) is 0 Å². The van der Waals surface area contributed by atoms with Crippen LogP contribution in [0.2, 0.25) is 0 Å². The molecular formula is C15H12BrFO3. The molecule has 0 aliphatic rings. The van der Waals surface area contributed by atoms with E-state index >= 15 is 0 Å². The molecule has 5 heteroatoms. The summed E-state index contributed by atoms with van der Waals surface area (Å²) in [5.41, 5.74) is 0.632. The van der Waals surface area contributed by atoms with Gasteiger partial charge in [0.25, 0.3) is 0 Å². The van der Waals surface area contributed by atoms with Crippen molar-refractivity contribution >= 4 is 21.9 Å². The number of hydrogen-bond donors (Lipinski definition) is 0. The van der Waals surface area contributed by atoms with Crippen molar-refractivity contribution < 1.29 is 18.7 Å². The Labute approximate surface area is 124 Å². The molecule has 2 aromatic rings. The molecule has 0 radical (unpaired) electrons. The molecule has 0 atom stereocenters. The summed E-state index contributed by atoms with van der Waals surface area (Å²) in [4.78, 5) is 12.2. The monoisotopic (exact) mass is 338 g/mol. The smallest absolute Gasteiger partial charge is 0.347 e. The molecule has 0 saturated heterocycles. The highest BCUT2D eigenvalue weighted by molar-refractivity contribution is 9.10. The summed E-state index contributed by atoms with van der Waals surface area (Å²) in [6.07, 6.45) is 0. The Kier molecular flexibility index (Phi) is 4.39. The normalized spacial score (nSPS) is 10.2. The lowest BCUT2D eigenvalue weighted by atomic mass is 10.1. The van der Waals surface area contributed by atoms with Gasteiger partial charge in [0.1, 0.15) is 22.9 Å². The van der Waals surface area contributed by atoms with Crippen LogP contribution in [0, 0.1) is 12.7 Å². The number of carbonyl (C=O) groups is 1. The maximum atomic E-state index is 13.6. The van der Waals surface area contributed by atoms with E-state index in [0.717, 1.165) is 6.07 Å². The third-order valence-electron chi connectivity index (χ3n) is 2.80. The molecule has 2 aromatic carbocycles. The quantitative estimate of drug-likeness (QED) is 0.623. The molecule has 0 N–H and O–H groups in total. The summed E-state index contributed by atoms with van der Waals surface area (Å²) in [5.74, 6) is -0.523. The van der Waals surface area contributed by atoms with Crippen molar-refractivity contribution in [3.63, 3.8) is 0 Å². The summed E-state index contributed by atoms with van der Waals surface area (Å²) in [6.45, 7) is 1.62. The Morgan fingerprint density at radius 2 is 1.90 bits per heavy atom. The molecule has 0 amide bonds. The number of hydrogen-bond acceptors (Lipinski definition) is 3. The summed E-state index contributed by atoms with van der Waals surface area (Å²) in [6, 6.07) is 9.81. The van der Waals surface area contributed by atoms with Crippen LogP contribution in [0.3, 0.4) is 0 Å². The lowest BCUT2D eigenvalue weighted by Crippen LogP contribution is -2.13. The number of halogens is 2. The van der Waals surface area contributed by atoms with Crippen molar-refractivity contribution in [3.8, 4) is 11.5 Å². The zero-order valence-corrected chi connectivity index (χ0v) is 12.5. The van der Waals surface area contributed by atoms with Crippen LogP contribution in [0.1, 0.15) is 15.9 Å². The van der Waals surface area contributed by atoms with Crippen molar-refractivity contribution in [2.24, 2.45) is 0 Å². The summed E-state index contributed by atoms with van der Waals surface area (Å²) < 4.78 is 24.2. The van der Waals surface area contributed by atoms with Crippen LogP contribution in [0.4, 0.5) is 4.39 Å². The van der Waals surface area contributed by atoms with E-state index in [9.17, 15) is 9.18 Å². The fourth-order valence-electron chi connectivity index (χ4n) is 1.79. The topological polar surface area (TPSA) is 35.5 Å². The fourth-order valence-corrected chi connectivity index (χ4v) is 2.10. The van der Waals surface area contributed by atoms with Crippen LogP contribution < -0.4 is 9.47 Å². The highest BCUT2D eigenvalue weighted by atomic mass is 79.9. The largest absolute Gasteiger partial charge is 0.496 e. The van der Waals surface area contributed by atoms with Crippen molar-refractivity contribution in [2.45, 2.75) is 6.92 Å². The van der Waals surface area contributed by atoms with Crippen LogP contribution in [0.15, 0.2) is 40.9 Å². The Morgan fingerprint density at radius 3 is 2.50 bits per heavy atom. The highest BCUT2D eigenvalue weighted by Crippen LogP contribution is 2.32. The van der Waals surface area contributed by atoms with Gasteiger partial charge in [0.2, 0.25) is 0 Å². The van der Waals surface area contributed by atoms with Gasteiger partial charge in [-0.25, -0.2) is 9.18 Å². The van der Waals surface area contributed by atoms with Gasteiger partial charge in [0.15, 0.2) is 0 Å². The van der Waals surface area contributed by atoms with Crippen LogP contribution in [0.5, 0.6) is 11.5 Å². The number of para-hydroxylation sites is 1. The minimum atomic E-state index is -0.591. The van der Waals surface area contributed by atoms with Gasteiger partial charge in [0, 0.05) is 6.07 Å². The number of methoxy groups -OCH3 is 1. The molecule has 0 fully saturated rings. The zero-order valence-electron chi connectivity index (χ0n) is 10.9. The van der Waals surface area contributed by atoms with E-state index in [2.05, 4.69) is 15.9 Å². The summed E-state index contributed by atoms with van der Waals surface area (Å²) >= 11 is 3.11. The summed E-state index contributed by atoms with van der Waals surface area (Å²) in [5, 5.41) is 0. The lowest BCUT2D eigenvalue weighted by molar-refractivity contribution is 0.0730. The fraction of sp³-hybridized carbons (Fsp3) is 0.133. The van der Waals surface area contributed by atoms with Gasteiger partial charge in [-0.3, -0.25) is 0 Å². The zero-order chi connectivity index (χ0) is 14.7. The molecule has 2 rings (SSSR count). The Bertz CT molecular complexity index is 641. The van der Waals surface area contributed by atoms with E-state index in [1.807, 2.05) is 6.07 Å². The highest BCUT2D eigenvalue weighted by Gasteiger charge is 2.22. The Hall–Kier alpha value is -1.88. The van der Waals surface area contributed by atoms with Crippen molar-refractivity contribution in [1.82, 2.24) is 0 Å². The van der Waals surface area contributed by atoms with E-state index in [1.165, 1.54) is 7.11 Å². The predicted molar refractivity (Wildman–Crippen MR) is 76.8 cm³/mol. The van der Waals surface area contributed by atoms with Gasteiger partial charge in [-0.1, -0.05) is 18.2 Å². The molecular weight excluding hydrogens is 327 g/mol. The molecule has 0 spiro atoms. The van der Waals surface area contributed by atoms with Crippen molar-refractivity contribution in [2.75, 3.05) is 7.11 Å². The number of benzene rings is 2. The van der Waals surface area contributed by atoms with E-state index in [1.54, 1.807) is 31.2 Å². The summed E-state index contributed by atoms with van der Waals surface area (Å²) in [7, 11) is 1.38. The average molecular weight is 339 g/mol. The second-order valence-electron chi connectivity index (χ2n) is 4.08. The minimum Gasteiger partial charge on any atom is -0.496 e. The Morgan fingerprint density at radius 1 is 1.25 bits per heavy atom.